The second-order valence-corrected chi connectivity index (χ2v) is 9.47. The first-order valence-corrected chi connectivity index (χ1v) is 11.1. The van der Waals surface area contributed by atoms with E-state index in [2.05, 4.69) is 4.98 Å². The van der Waals surface area contributed by atoms with Gasteiger partial charge in [0.15, 0.2) is 0 Å². The SMILES string of the molecule is CCN(Cc1ccc(C(=O)N(C)C)cc1)C(=O)c1sc(-c2ccc(Cl)s2)nc1C. The van der Waals surface area contributed by atoms with E-state index in [1.54, 1.807) is 36.0 Å². The molecule has 0 N–H and O–H groups in total. The van der Waals surface area contributed by atoms with E-state index in [0.717, 1.165) is 21.1 Å². The van der Waals surface area contributed by atoms with Gasteiger partial charge in [0, 0.05) is 32.7 Å². The molecule has 0 unspecified atom stereocenters. The Morgan fingerprint density at radius 3 is 2.28 bits per heavy atom. The van der Waals surface area contributed by atoms with E-state index in [9.17, 15) is 9.59 Å². The molecule has 152 valence electrons. The van der Waals surface area contributed by atoms with Gasteiger partial charge in [0.05, 0.1) is 14.9 Å². The second kappa shape index (κ2) is 9.07. The summed E-state index contributed by atoms with van der Waals surface area (Å²) < 4.78 is 0.701. The van der Waals surface area contributed by atoms with Crippen LogP contribution in [0.4, 0.5) is 0 Å². The summed E-state index contributed by atoms with van der Waals surface area (Å²) in [5, 5.41) is 0.811. The number of thiazole rings is 1. The molecule has 0 aliphatic rings. The van der Waals surface area contributed by atoms with Crippen LogP contribution in [0.25, 0.3) is 9.88 Å². The molecule has 2 aromatic heterocycles. The average Bonchev–Trinajstić information content (AvgIpc) is 3.31. The first-order chi connectivity index (χ1) is 13.8. The molecular weight excluding hydrogens is 426 g/mol. The van der Waals surface area contributed by atoms with Crippen molar-refractivity contribution in [2.75, 3.05) is 20.6 Å². The van der Waals surface area contributed by atoms with Gasteiger partial charge >= 0.3 is 0 Å². The molecule has 2 heterocycles. The predicted octanol–water partition coefficient (Wildman–Crippen LogP) is 5.20. The van der Waals surface area contributed by atoms with Gasteiger partial charge in [-0.2, -0.15) is 0 Å². The molecule has 3 rings (SSSR count). The zero-order valence-corrected chi connectivity index (χ0v) is 19.1. The van der Waals surface area contributed by atoms with E-state index in [-0.39, 0.29) is 11.8 Å². The van der Waals surface area contributed by atoms with Gasteiger partial charge in [0.2, 0.25) is 0 Å². The fourth-order valence-corrected chi connectivity index (χ4v) is 4.96. The largest absolute Gasteiger partial charge is 0.345 e. The summed E-state index contributed by atoms with van der Waals surface area (Å²) in [4.78, 5) is 34.7. The van der Waals surface area contributed by atoms with Crippen molar-refractivity contribution in [2.24, 2.45) is 0 Å². The third-order valence-electron chi connectivity index (χ3n) is 4.42. The van der Waals surface area contributed by atoms with Crippen LogP contribution >= 0.6 is 34.3 Å². The highest BCUT2D eigenvalue weighted by molar-refractivity contribution is 7.24. The van der Waals surface area contributed by atoms with Gasteiger partial charge in [-0.25, -0.2) is 4.98 Å². The first kappa shape index (κ1) is 21.5. The van der Waals surface area contributed by atoms with Crippen LogP contribution in [0.2, 0.25) is 4.34 Å². The van der Waals surface area contributed by atoms with Crippen LogP contribution in [0.15, 0.2) is 36.4 Å². The van der Waals surface area contributed by atoms with Crippen LogP contribution in [-0.2, 0) is 6.54 Å². The van der Waals surface area contributed by atoms with Crippen LogP contribution in [0, 0.1) is 6.92 Å². The van der Waals surface area contributed by atoms with E-state index in [1.807, 2.05) is 38.1 Å². The van der Waals surface area contributed by atoms with Crippen molar-refractivity contribution in [1.82, 2.24) is 14.8 Å². The Kier molecular flexibility index (Phi) is 6.72. The monoisotopic (exact) mass is 447 g/mol. The van der Waals surface area contributed by atoms with E-state index >= 15 is 0 Å². The predicted molar refractivity (Wildman–Crippen MR) is 120 cm³/mol. The Bertz CT molecular complexity index is 1020. The maximum Gasteiger partial charge on any atom is 0.266 e. The molecule has 0 saturated carbocycles. The molecule has 8 heteroatoms. The van der Waals surface area contributed by atoms with Crippen LogP contribution in [0.3, 0.4) is 0 Å². The Hall–Kier alpha value is -2.22. The number of hydrogen-bond donors (Lipinski definition) is 0. The molecule has 0 spiro atoms. The molecule has 0 aliphatic heterocycles. The quantitative estimate of drug-likeness (QED) is 0.522. The summed E-state index contributed by atoms with van der Waals surface area (Å²) in [7, 11) is 3.45. The summed E-state index contributed by atoms with van der Waals surface area (Å²) in [5.74, 6) is -0.0775. The fourth-order valence-electron chi connectivity index (χ4n) is 2.83. The van der Waals surface area contributed by atoms with E-state index in [1.165, 1.54) is 22.7 Å². The lowest BCUT2D eigenvalue weighted by molar-refractivity contribution is 0.0755. The minimum absolute atomic E-state index is 0.0372. The number of thiophene rings is 1. The van der Waals surface area contributed by atoms with Gasteiger partial charge < -0.3 is 9.80 Å². The van der Waals surface area contributed by atoms with Crippen LogP contribution < -0.4 is 0 Å². The molecule has 5 nitrogen and oxygen atoms in total. The van der Waals surface area contributed by atoms with E-state index < -0.39 is 0 Å². The molecule has 0 bridgehead atoms. The molecular formula is C21H22ClN3O2S2. The van der Waals surface area contributed by atoms with Crippen LogP contribution in [-0.4, -0.2) is 47.2 Å². The second-order valence-electron chi connectivity index (χ2n) is 6.75. The smallest absolute Gasteiger partial charge is 0.266 e. The Labute approximate surface area is 183 Å². The number of carbonyl (C=O) groups is 2. The summed E-state index contributed by atoms with van der Waals surface area (Å²) in [6.45, 7) is 4.87. The molecule has 2 amide bonds. The summed E-state index contributed by atoms with van der Waals surface area (Å²) in [6.07, 6.45) is 0. The number of aromatic nitrogens is 1. The first-order valence-electron chi connectivity index (χ1n) is 9.13. The van der Waals surface area contributed by atoms with Crippen LogP contribution in [0.5, 0.6) is 0 Å². The number of rotatable bonds is 6. The lowest BCUT2D eigenvalue weighted by Crippen LogP contribution is -2.30. The van der Waals surface area contributed by atoms with Crippen LogP contribution in [0.1, 0.15) is 38.2 Å². The molecule has 29 heavy (non-hydrogen) atoms. The van der Waals surface area contributed by atoms with Crippen molar-refractivity contribution in [1.29, 1.82) is 0 Å². The molecule has 1 aromatic carbocycles. The Morgan fingerprint density at radius 1 is 1.03 bits per heavy atom. The van der Waals surface area contributed by atoms with Crippen molar-refractivity contribution < 1.29 is 9.59 Å². The number of carbonyl (C=O) groups excluding carboxylic acids is 2. The minimum Gasteiger partial charge on any atom is -0.345 e. The van der Waals surface area contributed by atoms with Crippen molar-refractivity contribution in [3.05, 3.63) is 62.4 Å². The molecule has 0 atom stereocenters. The normalized spacial score (nSPS) is 10.8. The zero-order valence-electron chi connectivity index (χ0n) is 16.7. The molecule has 0 aliphatic carbocycles. The number of halogens is 1. The highest BCUT2D eigenvalue weighted by atomic mass is 35.5. The van der Waals surface area contributed by atoms with Crippen molar-refractivity contribution >= 4 is 46.1 Å². The molecule has 0 fully saturated rings. The summed E-state index contributed by atoms with van der Waals surface area (Å²) >= 11 is 8.88. The van der Waals surface area contributed by atoms with Gasteiger partial charge in [-0.3, -0.25) is 9.59 Å². The Balaban J connectivity index is 1.77. The molecule has 0 saturated heterocycles. The lowest BCUT2D eigenvalue weighted by Gasteiger charge is -2.20. The summed E-state index contributed by atoms with van der Waals surface area (Å²) in [6, 6.07) is 11.1. The minimum atomic E-state index is -0.0403. The molecule has 3 aromatic rings. The van der Waals surface area contributed by atoms with Gasteiger partial charge in [-0.05, 0) is 43.7 Å². The van der Waals surface area contributed by atoms with Gasteiger partial charge in [-0.1, -0.05) is 23.7 Å². The van der Waals surface area contributed by atoms with E-state index in [4.69, 9.17) is 11.6 Å². The fraction of sp³-hybridized carbons (Fsp3) is 0.286. The maximum atomic E-state index is 13.1. The number of hydrogen-bond acceptors (Lipinski definition) is 5. The highest BCUT2D eigenvalue weighted by Gasteiger charge is 2.22. The summed E-state index contributed by atoms with van der Waals surface area (Å²) in [5.41, 5.74) is 2.33. The topological polar surface area (TPSA) is 53.5 Å². The van der Waals surface area contributed by atoms with Gasteiger partial charge in [0.1, 0.15) is 9.88 Å². The number of amides is 2. The van der Waals surface area contributed by atoms with E-state index in [0.29, 0.717) is 27.9 Å². The lowest BCUT2D eigenvalue weighted by atomic mass is 10.1. The number of benzene rings is 1. The van der Waals surface area contributed by atoms with Gasteiger partial charge in [0.25, 0.3) is 11.8 Å². The standard InChI is InChI=1S/C21H22ClN3O2S2/c1-5-25(12-14-6-8-15(9-7-14)20(26)24(3)4)21(27)18-13(2)23-19(29-18)16-10-11-17(22)28-16/h6-11H,5,12H2,1-4H3. The average molecular weight is 448 g/mol. The van der Waals surface area contributed by atoms with Crippen molar-refractivity contribution in [3.63, 3.8) is 0 Å². The number of aryl methyl sites for hydroxylation is 1. The van der Waals surface area contributed by atoms with Crippen molar-refractivity contribution in [3.8, 4) is 9.88 Å². The molecule has 0 radical (unpaired) electrons. The number of nitrogens with zero attached hydrogens (tertiary/aromatic N) is 3. The van der Waals surface area contributed by atoms with Crippen molar-refractivity contribution in [2.45, 2.75) is 20.4 Å². The zero-order chi connectivity index (χ0) is 21.1. The highest BCUT2D eigenvalue weighted by Crippen LogP contribution is 2.35. The Morgan fingerprint density at radius 2 is 1.72 bits per heavy atom. The van der Waals surface area contributed by atoms with Gasteiger partial charge in [-0.15, -0.1) is 22.7 Å². The third-order valence-corrected chi connectivity index (χ3v) is 6.97. The maximum absolute atomic E-state index is 13.1. The third kappa shape index (κ3) is 4.86.